The van der Waals surface area contributed by atoms with E-state index in [0.717, 1.165) is 30.2 Å². The molecule has 0 unspecified atom stereocenters. The lowest BCUT2D eigenvalue weighted by molar-refractivity contribution is 0.318. The van der Waals surface area contributed by atoms with Gasteiger partial charge in [0.05, 0.1) is 11.3 Å². The molecule has 6 nitrogen and oxygen atoms in total. The maximum Gasteiger partial charge on any atom is 0.175 e. The van der Waals surface area contributed by atoms with Crippen molar-refractivity contribution in [2.75, 3.05) is 18.0 Å². The smallest absolute Gasteiger partial charge is 0.175 e. The van der Waals surface area contributed by atoms with Gasteiger partial charge >= 0.3 is 0 Å². The van der Waals surface area contributed by atoms with Crippen molar-refractivity contribution in [3.63, 3.8) is 0 Å². The van der Waals surface area contributed by atoms with E-state index in [0.29, 0.717) is 0 Å². The lowest BCUT2D eigenvalue weighted by atomic mass is 10.2. The molecule has 0 atom stereocenters. The molecule has 1 aliphatic rings. The lowest BCUT2D eigenvalue weighted by Gasteiger charge is -2.23. The van der Waals surface area contributed by atoms with Crippen LogP contribution >= 0.6 is 0 Å². The van der Waals surface area contributed by atoms with E-state index < -0.39 is 0 Å². The SMILES string of the molecule is Cc1nn(C)c(N2CCCCCC2)c1/C(N)=N/O. The van der Waals surface area contributed by atoms with Gasteiger partial charge in [-0.15, -0.1) is 0 Å². The number of aromatic nitrogens is 2. The van der Waals surface area contributed by atoms with E-state index in [1.807, 2.05) is 18.7 Å². The molecule has 0 radical (unpaired) electrons. The fraction of sp³-hybridized carbons (Fsp3) is 0.667. The summed E-state index contributed by atoms with van der Waals surface area (Å²) in [5, 5.41) is 16.4. The second-order valence-corrected chi connectivity index (χ2v) is 4.79. The first-order chi connectivity index (χ1) is 8.65. The Bertz CT molecular complexity index is 444. The van der Waals surface area contributed by atoms with Gasteiger partial charge in [0.25, 0.3) is 0 Å². The number of nitrogens with zero attached hydrogens (tertiary/aromatic N) is 4. The maximum atomic E-state index is 8.91. The second kappa shape index (κ2) is 5.29. The van der Waals surface area contributed by atoms with E-state index in [-0.39, 0.29) is 5.84 Å². The van der Waals surface area contributed by atoms with Crippen molar-refractivity contribution in [1.82, 2.24) is 9.78 Å². The summed E-state index contributed by atoms with van der Waals surface area (Å²) in [6, 6.07) is 0. The maximum absolute atomic E-state index is 8.91. The zero-order valence-corrected chi connectivity index (χ0v) is 11.1. The predicted molar refractivity (Wildman–Crippen MR) is 71.1 cm³/mol. The number of rotatable bonds is 2. The average molecular weight is 251 g/mol. The highest BCUT2D eigenvalue weighted by Gasteiger charge is 2.22. The molecule has 0 bridgehead atoms. The number of hydrogen-bond donors (Lipinski definition) is 2. The molecule has 0 spiro atoms. The van der Waals surface area contributed by atoms with Crippen LogP contribution in [0.5, 0.6) is 0 Å². The lowest BCUT2D eigenvalue weighted by Crippen LogP contribution is -2.29. The third-order valence-electron chi connectivity index (χ3n) is 3.46. The van der Waals surface area contributed by atoms with Crippen LogP contribution in [0.2, 0.25) is 0 Å². The molecule has 1 fully saturated rings. The van der Waals surface area contributed by atoms with Crippen LogP contribution in [0, 0.1) is 6.92 Å². The van der Waals surface area contributed by atoms with Crippen LogP contribution in [0.4, 0.5) is 5.82 Å². The Labute approximate surface area is 107 Å². The minimum absolute atomic E-state index is 0.139. The Kier molecular flexibility index (Phi) is 3.74. The highest BCUT2D eigenvalue weighted by molar-refractivity contribution is 6.02. The van der Waals surface area contributed by atoms with Crippen molar-refractivity contribution < 1.29 is 5.21 Å². The molecular formula is C12H21N5O. The van der Waals surface area contributed by atoms with E-state index in [2.05, 4.69) is 15.2 Å². The highest BCUT2D eigenvalue weighted by Crippen LogP contribution is 2.25. The molecule has 1 aromatic heterocycles. The summed E-state index contributed by atoms with van der Waals surface area (Å²) < 4.78 is 1.83. The van der Waals surface area contributed by atoms with E-state index >= 15 is 0 Å². The summed E-state index contributed by atoms with van der Waals surface area (Å²) in [4.78, 5) is 2.29. The van der Waals surface area contributed by atoms with Crippen molar-refractivity contribution in [3.8, 4) is 0 Å². The van der Waals surface area contributed by atoms with Gasteiger partial charge in [-0.1, -0.05) is 18.0 Å². The third kappa shape index (κ3) is 2.27. The molecule has 0 saturated carbocycles. The number of anilines is 1. The van der Waals surface area contributed by atoms with Gasteiger partial charge in [0.15, 0.2) is 5.84 Å². The van der Waals surface area contributed by atoms with E-state index in [1.165, 1.54) is 25.7 Å². The molecule has 18 heavy (non-hydrogen) atoms. The zero-order chi connectivity index (χ0) is 13.1. The van der Waals surface area contributed by atoms with Crippen LogP contribution in [-0.2, 0) is 7.05 Å². The average Bonchev–Trinajstić information content (AvgIpc) is 2.58. The summed E-state index contributed by atoms with van der Waals surface area (Å²) in [5.74, 6) is 1.10. The Balaban J connectivity index is 2.41. The zero-order valence-electron chi connectivity index (χ0n) is 11.1. The fourth-order valence-electron chi connectivity index (χ4n) is 2.64. The van der Waals surface area contributed by atoms with Crippen LogP contribution < -0.4 is 10.6 Å². The number of hydrogen-bond acceptors (Lipinski definition) is 4. The van der Waals surface area contributed by atoms with Crippen molar-refractivity contribution in [3.05, 3.63) is 11.3 Å². The topological polar surface area (TPSA) is 79.7 Å². The van der Waals surface area contributed by atoms with Crippen LogP contribution in [0.1, 0.15) is 36.9 Å². The van der Waals surface area contributed by atoms with E-state index in [9.17, 15) is 0 Å². The molecule has 3 N–H and O–H groups in total. The van der Waals surface area contributed by atoms with Crippen molar-refractivity contribution >= 4 is 11.7 Å². The minimum atomic E-state index is 0.139. The normalized spacial score (nSPS) is 17.9. The molecule has 0 aromatic carbocycles. The quantitative estimate of drug-likeness (QED) is 0.358. The third-order valence-corrected chi connectivity index (χ3v) is 3.46. The van der Waals surface area contributed by atoms with Crippen molar-refractivity contribution in [1.29, 1.82) is 0 Å². The minimum Gasteiger partial charge on any atom is -0.409 e. The number of amidine groups is 1. The van der Waals surface area contributed by atoms with Gasteiger partial charge < -0.3 is 15.8 Å². The van der Waals surface area contributed by atoms with Gasteiger partial charge in [-0.05, 0) is 19.8 Å². The first-order valence-corrected chi connectivity index (χ1v) is 6.41. The standard InChI is InChI=1S/C12H21N5O/c1-9-10(11(13)15-18)12(16(2)14-9)17-7-5-3-4-6-8-17/h18H,3-8H2,1-2H3,(H2,13,15). The summed E-state index contributed by atoms with van der Waals surface area (Å²) in [5.41, 5.74) is 7.32. The number of nitrogens with two attached hydrogens (primary N) is 1. The van der Waals surface area contributed by atoms with Gasteiger partial charge in [-0.25, -0.2) is 0 Å². The predicted octanol–water partition coefficient (Wildman–Crippen LogP) is 1.20. The number of oxime groups is 1. The van der Waals surface area contributed by atoms with Crippen molar-refractivity contribution in [2.45, 2.75) is 32.6 Å². The summed E-state index contributed by atoms with van der Waals surface area (Å²) in [6.07, 6.45) is 4.90. The van der Waals surface area contributed by atoms with Crippen LogP contribution in [-0.4, -0.2) is 33.9 Å². The highest BCUT2D eigenvalue weighted by atomic mass is 16.4. The molecule has 0 aliphatic carbocycles. The monoisotopic (exact) mass is 251 g/mol. The van der Waals surface area contributed by atoms with Gasteiger partial charge in [0.2, 0.25) is 0 Å². The Morgan fingerprint density at radius 2 is 1.89 bits per heavy atom. The summed E-state index contributed by atoms with van der Waals surface area (Å²) in [6.45, 7) is 3.89. The fourth-order valence-corrected chi connectivity index (χ4v) is 2.64. The van der Waals surface area contributed by atoms with Crippen LogP contribution in [0.15, 0.2) is 5.16 Å². The molecular weight excluding hydrogens is 230 g/mol. The molecule has 0 amide bonds. The summed E-state index contributed by atoms with van der Waals surface area (Å²) in [7, 11) is 1.90. The van der Waals surface area contributed by atoms with Gasteiger partial charge in [0, 0.05) is 20.1 Å². The molecule has 6 heteroatoms. The van der Waals surface area contributed by atoms with Crippen LogP contribution in [0.25, 0.3) is 0 Å². The van der Waals surface area contributed by atoms with Crippen LogP contribution in [0.3, 0.4) is 0 Å². The van der Waals surface area contributed by atoms with Gasteiger partial charge in [0.1, 0.15) is 5.82 Å². The van der Waals surface area contributed by atoms with Gasteiger partial charge in [-0.3, -0.25) is 4.68 Å². The van der Waals surface area contributed by atoms with E-state index in [1.54, 1.807) is 0 Å². The first-order valence-electron chi connectivity index (χ1n) is 6.41. The molecule has 1 aliphatic heterocycles. The molecule has 2 rings (SSSR count). The number of aryl methyl sites for hydroxylation is 2. The second-order valence-electron chi connectivity index (χ2n) is 4.79. The van der Waals surface area contributed by atoms with Crippen molar-refractivity contribution in [2.24, 2.45) is 17.9 Å². The molecule has 2 heterocycles. The molecule has 1 saturated heterocycles. The largest absolute Gasteiger partial charge is 0.409 e. The Morgan fingerprint density at radius 3 is 2.44 bits per heavy atom. The molecule has 100 valence electrons. The Hall–Kier alpha value is -1.72. The summed E-state index contributed by atoms with van der Waals surface area (Å²) >= 11 is 0. The first kappa shape index (κ1) is 12.7. The van der Waals surface area contributed by atoms with E-state index in [4.69, 9.17) is 10.9 Å². The van der Waals surface area contributed by atoms with Gasteiger partial charge in [-0.2, -0.15) is 5.10 Å². The Morgan fingerprint density at radius 1 is 1.28 bits per heavy atom. The molecule has 1 aromatic rings.